The zero-order valence-electron chi connectivity index (χ0n) is 10.1. The summed E-state index contributed by atoms with van der Waals surface area (Å²) in [5.41, 5.74) is 5.22. The number of hydrazine groups is 1. The topological polar surface area (TPSA) is 86.1 Å². The van der Waals surface area contributed by atoms with E-state index in [1.807, 2.05) is 30.5 Å². The van der Waals surface area contributed by atoms with Gasteiger partial charge in [-0.2, -0.15) is 5.10 Å². The highest BCUT2D eigenvalue weighted by Crippen LogP contribution is 2.17. The van der Waals surface area contributed by atoms with Crippen LogP contribution in [0.3, 0.4) is 0 Å². The number of aryl methyl sites for hydroxylation is 2. The van der Waals surface area contributed by atoms with Crippen LogP contribution in [0.4, 0.5) is 5.82 Å². The number of nitrogen functional groups attached to an aromatic ring is 1. The molecule has 3 N–H and O–H groups in total. The number of imidazole rings is 1. The number of nitrogens with one attached hydrogen (secondary N) is 1. The standard InChI is InChI=1S/C11H13N7/c1-7-5-8(2)18(16-7)11-10-13-3-4-17(10)6-9(14-11)15-12/h3-6,15H,12H2,1-2H3. The van der Waals surface area contributed by atoms with Gasteiger partial charge in [0.15, 0.2) is 17.3 Å². The van der Waals surface area contributed by atoms with Crippen molar-refractivity contribution in [3.8, 4) is 5.82 Å². The Balaban J connectivity index is 2.33. The van der Waals surface area contributed by atoms with Crippen molar-refractivity contribution >= 4 is 11.5 Å². The molecule has 0 saturated carbocycles. The predicted molar refractivity (Wildman–Crippen MR) is 67.4 cm³/mol. The van der Waals surface area contributed by atoms with E-state index in [1.165, 1.54) is 0 Å². The molecule has 0 aliphatic heterocycles. The van der Waals surface area contributed by atoms with E-state index in [1.54, 1.807) is 17.1 Å². The Kier molecular flexibility index (Phi) is 2.27. The highest BCUT2D eigenvalue weighted by molar-refractivity contribution is 5.58. The van der Waals surface area contributed by atoms with Gasteiger partial charge in [-0.1, -0.05) is 0 Å². The molecule has 0 aromatic carbocycles. The molecule has 7 nitrogen and oxygen atoms in total. The maximum atomic E-state index is 5.42. The first-order chi connectivity index (χ1) is 8.69. The van der Waals surface area contributed by atoms with Crippen LogP contribution in [-0.2, 0) is 0 Å². The summed E-state index contributed by atoms with van der Waals surface area (Å²) in [6.07, 6.45) is 5.33. The number of hydrogen-bond donors (Lipinski definition) is 2. The molecule has 92 valence electrons. The van der Waals surface area contributed by atoms with Crippen LogP contribution < -0.4 is 11.3 Å². The van der Waals surface area contributed by atoms with Crippen LogP contribution in [0.25, 0.3) is 11.5 Å². The zero-order chi connectivity index (χ0) is 12.7. The van der Waals surface area contributed by atoms with E-state index in [2.05, 4.69) is 20.5 Å². The van der Waals surface area contributed by atoms with Gasteiger partial charge >= 0.3 is 0 Å². The number of nitrogens with zero attached hydrogens (tertiary/aromatic N) is 5. The van der Waals surface area contributed by atoms with Crippen LogP contribution in [0.5, 0.6) is 0 Å². The number of aromatic nitrogens is 5. The van der Waals surface area contributed by atoms with Crippen molar-refractivity contribution in [3.05, 3.63) is 36.0 Å². The van der Waals surface area contributed by atoms with Crippen LogP contribution in [0.2, 0.25) is 0 Å². The van der Waals surface area contributed by atoms with Gasteiger partial charge in [-0.3, -0.25) is 0 Å². The van der Waals surface area contributed by atoms with Crippen LogP contribution >= 0.6 is 0 Å². The highest BCUT2D eigenvalue weighted by Gasteiger charge is 2.12. The number of rotatable bonds is 2. The molecular formula is C11H13N7. The molecule has 0 aliphatic rings. The van der Waals surface area contributed by atoms with E-state index < -0.39 is 0 Å². The minimum atomic E-state index is 0.558. The van der Waals surface area contributed by atoms with Crippen molar-refractivity contribution < 1.29 is 0 Å². The lowest BCUT2D eigenvalue weighted by molar-refractivity contribution is 0.803. The second-order valence-corrected chi connectivity index (χ2v) is 4.09. The maximum absolute atomic E-state index is 5.42. The maximum Gasteiger partial charge on any atom is 0.199 e. The molecule has 0 saturated heterocycles. The summed E-state index contributed by atoms with van der Waals surface area (Å²) in [7, 11) is 0. The van der Waals surface area contributed by atoms with Gasteiger partial charge < -0.3 is 9.83 Å². The lowest BCUT2D eigenvalue weighted by atomic mass is 10.4. The first-order valence-corrected chi connectivity index (χ1v) is 5.53. The van der Waals surface area contributed by atoms with Gasteiger partial charge in [-0.15, -0.1) is 0 Å². The Labute approximate surface area is 103 Å². The highest BCUT2D eigenvalue weighted by atomic mass is 15.4. The first kappa shape index (κ1) is 10.7. The zero-order valence-corrected chi connectivity index (χ0v) is 10.1. The summed E-state index contributed by atoms with van der Waals surface area (Å²) in [6.45, 7) is 3.92. The lowest BCUT2D eigenvalue weighted by Gasteiger charge is -2.08. The van der Waals surface area contributed by atoms with Gasteiger partial charge in [0.2, 0.25) is 0 Å². The Morgan fingerprint density at radius 3 is 2.83 bits per heavy atom. The molecule has 0 spiro atoms. The Morgan fingerprint density at radius 2 is 2.17 bits per heavy atom. The molecule has 0 aliphatic carbocycles. The second-order valence-electron chi connectivity index (χ2n) is 4.09. The van der Waals surface area contributed by atoms with E-state index in [0.29, 0.717) is 11.6 Å². The van der Waals surface area contributed by atoms with Gasteiger partial charge in [0.25, 0.3) is 0 Å². The van der Waals surface area contributed by atoms with E-state index in [4.69, 9.17) is 5.84 Å². The normalized spacial score (nSPS) is 11.1. The third-order valence-corrected chi connectivity index (χ3v) is 2.71. The number of nitrogens with two attached hydrogens (primary N) is 1. The van der Waals surface area contributed by atoms with E-state index >= 15 is 0 Å². The average molecular weight is 243 g/mol. The number of hydrogen-bond acceptors (Lipinski definition) is 5. The quantitative estimate of drug-likeness (QED) is 0.514. The third-order valence-electron chi connectivity index (χ3n) is 2.71. The number of anilines is 1. The van der Waals surface area contributed by atoms with E-state index in [0.717, 1.165) is 17.0 Å². The Morgan fingerprint density at radius 1 is 1.33 bits per heavy atom. The van der Waals surface area contributed by atoms with Crippen LogP contribution in [0.1, 0.15) is 11.4 Å². The molecule has 0 bridgehead atoms. The van der Waals surface area contributed by atoms with E-state index in [-0.39, 0.29) is 0 Å². The minimum Gasteiger partial charge on any atom is -0.307 e. The molecule has 3 aromatic rings. The fourth-order valence-corrected chi connectivity index (χ4v) is 1.97. The predicted octanol–water partition coefficient (Wildman–Crippen LogP) is 0.817. The van der Waals surface area contributed by atoms with E-state index in [9.17, 15) is 0 Å². The van der Waals surface area contributed by atoms with Crippen LogP contribution in [-0.4, -0.2) is 24.1 Å². The van der Waals surface area contributed by atoms with Crippen molar-refractivity contribution in [2.75, 3.05) is 5.43 Å². The largest absolute Gasteiger partial charge is 0.307 e. The molecule has 3 rings (SSSR count). The molecule has 0 unspecified atom stereocenters. The van der Waals surface area contributed by atoms with Crippen LogP contribution in [0, 0.1) is 13.8 Å². The average Bonchev–Trinajstić information content (AvgIpc) is 2.94. The smallest absolute Gasteiger partial charge is 0.199 e. The monoisotopic (exact) mass is 243 g/mol. The molecule has 3 heterocycles. The van der Waals surface area contributed by atoms with Gasteiger partial charge in [0.05, 0.1) is 11.9 Å². The summed E-state index contributed by atoms with van der Waals surface area (Å²) in [5, 5.41) is 4.42. The van der Waals surface area contributed by atoms with Crippen molar-refractivity contribution in [3.63, 3.8) is 0 Å². The first-order valence-electron chi connectivity index (χ1n) is 5.53. The van der Waals surface area contributed by atoms with Crippen molar-refractivity contribution in [1.82, 2.24) is 24.1 Å². The molecule has 0 atom stereocenters. The van der Waals surface area contributed by atoms with Crippen molar-refractivity contribution in [2.45, 2.75) is 13.8 Å². The summed E-state index contributed by atoms with van der Waals surface area (Å²) >= 11 is 0. The summed E-state index contributed by atoms with van der Waals surface area (Å²) < 4.78 is 3.62. The molecular weight excluding hydrogens is 230 g/mol. The molecule has 0 amide bonds. The molecule has 18 heavy (non-hydrogen) atoms. The minimum absolute atomic E-state index is 0.558. The van der Waals surface area contributed by atoms with Gasteiger partial charge in [0, 0.05) is 18.1 Å². The van der Waals surface area contributed by atoms with Gasteiger partial charge in [0.1, 0.15) is 0 Å². The molecule has 3 aromatic heterocycles. The van der Waals surface area contributed by atoms with Gasteiger partial charge in [-0.25, -0.2) is 20.5 Å². The Hall–Kier alpha value is -2.41. The fraction of sp³-hybridized carbons (Fsp3) is 0.182. The summed E-state index contributed by atoms with van der Waals surface area (Å²) in [6, 6.07) is 1.99. The SMILES string of the molecule is Cc1cc(C)n(-c2nc(NN)cn3ccnc23)n1. The molecule has 0 radical (unpaired) electrons. The second kappa shape index (κ2) is 3.81. The fourth-order valence-electron chi connectivity index (χ4n) is 1.97. The molecule has 7 heteroatoms. The summed E-state index contributed by atoms with van der Waals surface area (Å²) in [5.74, 6) is 6.64. The lowest BCUT2D eigenvalue weighted by Crippen LogP contribution is -2.13. The number of fused-ring (bicyclic) bond motifs is 1. The van der Waals surface area contributed by atoms with Crippen molar-refractivity contribution in [1.29, 1.82) is 0 Å². The molecule has 0 fully saturated rings. The van der Waals surface area contributed by atoms with Crippen molar-refractivity contribution in [2.24, 2.45) is 5.84 Å². The summed E-state index contributed by atoms with van der Waals surface area (Å²) in [4.78, 5) is 8.71. The third kappa shape index (κ3) is 1.52. The van der Waals surface area contributed by atoms with Gasteiger partial charge in [-0.05, 0) is 19.9 Å². The Bertz CT molecular complexity index is 709. The van der Waals surface area contributed by atoms with Crippen LogP contribution in [0.15, 0.2) is 24.7 Å².